The van der Waals surface area contributed by atoms with Crippen molar-refractivity contribution < 1.29 is 14.0 Å². The maximum atomic E-state index is 11.9. The maximum Gasteiger partial charge on any atom is 0.291 e. The Hall–Kier alpha value is -2.60. The predicted octanol–water partition coefficient (Wildman–Crippen LogP) is 1.35. The average molecular weight is 273 g/mol. The topological polar surface area (TPSA) is 97.4 Å². The molecule has 104 valence electrons. The second-order valence-corrected chi connectivity index (χ2v) is 4.08. The first-order valence-corrected chi connectivity index (χ1v) is 6.06. The number of amides is 2. The Balaban J connectivity index is 2.13. The molecular weight excluding hydrogens is 258 g/mol. The molecule has 0 unspecified atom stereocenters. The highest BCUT2D eigenvalue weighted by Crippen LogP contribution is 2.14. The zero-order valence-corrected chi connectivity index (χ0v) is 11.0. The van der Waals surface area contributed by atoms with Gasteiger partial charge in [-0.1, -0.05) is 6.07 Å². The number of nitrogens with one attached hydrogen (secondary N) is 2. The summed E-state index contributed by atoms with van der Waals surface area (Å²) in [6, 6.07) is 9.83. The van der Waals surface area contributed by atoms with Gasteiger partial charge in [0, 0.05) is 18.3 Å². The standard InChI is InChI=1S/C14H15N3O3/c1-16-13(18)9-3-2-4-10(7-9)17-14(19)12-6-5-11(8-15)20-12/h2-7H,8,15H2,1H3,(H,16,18)(H,17,19). The van der Waals surface area contributed by atoms with Crippen LogP contribution in [0.5, 0.6) is 0 Å². The van der Waals surface area contributed by atoms with Gasteiger partial charge in [0.15, 0.2) is 5.76 Å². The smallest absolute Gasteiger partial charge is 0.291 e. The van der Waals surface area contributed by atoms with Gasteiger partial charge < -0.3 is 20.8 Å². The van der Waals surface area contributed by atoms with E-state index in [2.05, 4.69) is 10.6 Å². The first-order chi connectivity index (χ1) is 9.63. The predicted molar refractivity (Wildman–Crippen MR) is 74.4 cm³/mol. The minimum atomic E-state index is -0.390. The van der Waals surface area contributed by atoms with E-state index in [1.54, 1.807) is 43.4 Å². The molecular formula is C14H15N3O3. The van der Waals surface area contributed by atoms with E-state index in [4.69, 9.17) is 10.2 Å². The van der Waals surface area contributed by atoms with Crippen LogP contribution in [0.4, 0.5) is 5.69 Å². The number of hydrogen-bond donors (Lipinski definition) is 3. The van der Waals surface area contributed by atoms with Crippen LogP contribution in [0.1, 0.15) is 26.7 Å². The van der Waals surface area contributed by atoms with Gasteiger partial charge in [0.25, 0.3) is 11.8 Å². The molecule has 1 aromatic carbocycles. The number of nitrogens with two attached hydrogens (primary N) is 1. The van der Waals surface area contributed by atoms with Gasteiger partial charge in [-0.2, -0.15) is 0 Å². The molecule has 0 aliphatic carbocycles. The van der Waals surface area contributed by atoms with E-state index in [-0.39, 0.29) is 18.2 Å². The first kappa shape index (κ1) is 13.8. The fourth-order valence-corrected chi connectivity index (χ4v) is 1.68. The molecule has 0 bridgehead atoms. The Labute approximate surface area is 116 Å². The van der Waals surface area contributed by atoms with Crippen molar-refractivity contribution >= 4 is 17.5 Å². The molecule has 0 aliphatic heterocycles. The van der Waals surface area contributed by atoms with Crippen LogP contribution in [0.3, 0.4) is 0 Å². The molecule has 6 heteroatoms. The number of benzene rings is 1. The fourth-order valence-electron chi connectivity index (χ4n) is 1.68. The van der Waals surface area contributed by atoms with Gasteiger partial charge >= 0.3 is 0 Å². The van der Waals surface area contributed by atoms with Crippen LogP contribution in [0.2, 0.25) is 0 Å². The summed E-state index contributed by atoms with van der Waals surface area (Å²) in [5.74, 6) is 0.105. The third-order valence-corrected chi connectivity index (χ3v) is 2.70. The molecule has 4 N–H and O–H groups in total. The highest BCUT2D eigenvalue weighted by molar-refractivity contribution is 6.03. The van der Waals surface area contributed by atoms with Gasteiger partial charge in [-0.3, -0.25) is 9.59 Å². The summed E-state index contributed by atoms with van der Waals surface area (Å²) in [5.41, 5.74) is 6.40. The van der Waals surface area contributed by atoms with Crippen molar-refractivity contribution in [2.24, 2.45) is 5.73 Å². The molecule has 0 radical (unpaired) electrons. The van der Waals surface area contributed by atoms with Crippen molar-refractivity contribution in [3.05, 3.63) is 53.5 Å². The number of rotatable bonds is 4. The zero-order chi connectivity index (χ0) is 14.5. The molecule has 2 amide bonds. The molecule has 2 rings (SSSR count). The Kier molecular flexibility index (Phi) is 4.17. The lowest BCUT2D eigenvalue weighted by Gasteiger charge is -2.05. The summed E-state index contributed by atoms with van der Waals surface area (Å²) in [4.78, 5) is 23.5. The van der Waals surface area contributed by atoms with Gasteiger partial charge in [-0.25, -0.2) is 0 Å². The molecule has 0 aliphatic rings. The Bertz CT molecular complexity index is 634. The van der Waals surface area contributed by atoms with Crippen molar-refractivity contribution in [1.82, 2.24) is 5.32 Å². The third kappa shape index (κ3) is 3.04. The summed E-state index contributed by atoms with van der Waals surface area (Å²) in [5, 5.41) is 5.18. The van der Waals surface area contributed by atoms with Crippen LogP contribution in [0.25, 0.3) is 0 Å². The van der Waals surface area contributed by atoms with Gasteiger partial charge in [-0.15, -0.1) is 0 Å². The van der Waals surface area contributed by atoms with Crippen molar-refractivity contribution in [3.8, 4) is 0 Å². The van der Waals surface area contributed by atoms with Gasteiger partial charge in [-0.05, 0) is 30.3 Å². The normalized spacial score (nSPS) is 10.1. The lowest BCUT2D eigenvalue weighted by molar-refractivity contribution is 0.0960. The van der Waals surface area contributed by atoms with Crippen LogP contribution >= 0.6 is 0 Å². The van der Waals surface area contributed by atoms with Crippen LogP contribution in [0.15, 0.2) is 40.8 Å². The highest BCUT2D eigenvalue weighted by Gasteiger charge is 2.12. The van der Waals surface area contributed by atoms with E-state index >= 15 is 0 Å². The lowest BCUT2D eigenvalue weighted by atomic mass is 10.2. The molecule has 0 atom stereocenters. The molecule has 0 saturated carbocycles. The molecule has 20 heavy (non-hydrogen) atoms. The summed E-state index contributed by atoms with van der Waals surface area (Å²) >= 11 is 0. The molecule has 0 fully saturated rings. The van der Waals surface area contributed by atoms with E-state index in [1.165, 1.54) is 0 Å². The summed E-state index contributed by atoms with van der Waals surface area (Å²) in [6.07, 6.45) is 0. The molecule has 2 aromatic rings. The minimum absolute atomic E-state index is 0.177. The van der Waals surface area contributed by atoms with E-state index in [1.807, 2.05) is 0 Å². The first-order valence-electron chi connectivity index (χ1n) is 6.06. The van der Waals surface area contributed by atoms with Crippen LogP contribution in [0, 0.1) is 0 Å². The van der Waals surface area contributed by atoms with Crippen LogP contribution in [-0.2, 0) is 6.54 Å². The number of anilines is 1. The lowest BCUT2D eigenvalue weighted by Crippen LogP contribution is -2.18. The maximum absolute atomic E-state index is 11.9. The number of carbonyl (C=O) groups excluding carboxylic acids is 2. The molecule has 6 nitrogen and oxygen atoms in total. The Morgan fingerprint density at radius 3 is 2.65 bits per heavy atom. The Morgan fingerprint density at radius 2 is 2.00 bits per heavy atom. The van der Waals surface area contributed by atoms with E-state index < -0.39 is 5.91 Å². The Morgan fingerprint density at radius 1 is 1.20 bits per heavy atom. The number of furan rings is 1. The molecule has 1 aromatic heterocycles. The second kappa shape index (κ2) is 6.03. The SMILES string of the molecule is CNC(=O)c1cccc(NC(=O)c2ccc(CN)o2)c1. The minimum Gasteiger partial charge on any atom is -0.455 e. The third-order valence-electron chi connectivity index (χ3n) is 2.70. The highest BCUT2D eigenvalue weighted by atomic mass is 16.4. The fraction of sp³-hybridized carbons (Fsp3) is 0.143. The second-order valence-electron chi connectivity index (χ2n) is 4.08. The molecule has 0 saturated heterocycles. The van der Waals surface area contributed by atoms with E-state index in [0.717, 1.165) is 0 Å². The van der Waals surface area contributed by atoms with Crippen molar-refractivity contribution in [2.45, 2.75) is 6.54 Å². The van der Waals surface area contributed by atoms with Crippen molar-refractivity contribution in [3.63, 3.8) is 0 Å². The largest absolute Gasteiger partial charge is 0.455 e. The van der Waals surface area contributed by atoms with Crippen LogP contribution < -0.4 is 16.4 Å². The number of carbonyl (C=O) groups is 2. The van der Waals surface area contributed by atoms with Crippen molar-refractivity contribution in [2.75, 3.05) is 12.4 Å². The van der Waals surface area contributed by atoms with Gasteiger partial charge in [0.1, 0.15) is 5.76 Å². The quantitative estimate of drug-likeness (QED) is 0.783. The summed E-state index contributed by atoms with van der Waals surface area (Å²) in [6.45, 7) is 0.236. The molecule has 0 spiro atoms. The summed E-state index contributed by atoms with van der Waals surface area (Å²) in [7, 11) is 1.55. The molecule has 1 heterocycles. The monoisotopic (exact) mass is 273 g/mol. The van der Waals surface area contributed by atoms with Gasteiger partial charge in [0.2, 0.25) is 0 Å². The zero-order valence-electron chi connectivity index (χ0n) is 11.0. The number of hydrogen-bond acceptors (Lipinski definition) is 4. The van der Waals surface area contributed by atoms with Crippen molar-refractivity contribution in [1.29, 1.82) is 0 Å². The summed E-state index contributed by atoms with van der Waals surface area (Å²) < 4.78 is 5.25. The van der Waals surface area contributed by atoms with Gasteiger partial charge in [0.05, 0.1) is 6.54 Å². The van der Waals surface area contributed by atoms with E-state index in [9.17, 15) is 9.59 Å². The van der Waals surface area contributed by atoms with Crippen LogP contribution in [-0.4, -0.2) is 18.9 Å². The average Bonchev–Trinajstić information content (AvgIpc) is 2.95. The van der Waals surface area contributed by atoms with E-state index in [0.29, 0.717) is 17.0 Å².